The maximum absolute atomic E-state index is 13.9. The Balaban J connectivity index is 1.49. The maximum Gasteiger partial charge on any atom is 0.347 e. The van der Waals surface area contributed by atoms with E-state index in [1.54, 1.807) is 35.2 Å². The van der Waals surface area contributed by atoms with Crippen LogP contribution in [0.5, 0.6) is 11.5 Å². The number of methoxy groups -OCH3 is 1. The van der Waals surface area contributed by atoms with E-state index < -0.39 is 11.5 Å². The first-order valence-electron chi connectivity index (χ1n) is 12.8. The van der Waals surface area contributed by atoms with Crippen molar-refractivity contribution in [1.82, 2.24) is 14.5 Å². The summed E-state index contributed by atoms with van der Waals surface area (Å²) in [5.41, 5.74) is 2.69. The predicted octanol–water partition coefficient (Wildman–Crippen LogP) is 5.58. The highest BCUT2D eigenvalue weighted by Crippen LogP contribution is 2.43. The van der Waals surface area contributed by atoms with E-state index in [1.807, 2.05) is 41.1 Å². The highest BCUT2D eigenvalue weighted by atomic mass is 32.1. The van der Waals surface area contributed by atoms with Gasteiger partial charge in [-0.05, 0) is 67.5 Å². The summed E-state index contributed by atoms with van der Waals surface area (Å²) >= 11 is 1.54. The zero-order valence-corrected chi connectivity index (χ0v) is 22.5. The predicted molar refractivity (Wildman–Crippen MR) is 147 cm³/mol. The van der Waals surface area contributed by atoms with Crippen molar-refractivity contribution < 1.29 is 19.1 Å². The van der Waals surface area contributed by atoms with Gasteiger partial charge in [0, 0.05) is 18.7 Å². The number of likely N-dealkylation sites (tertiary alicyclic amines) is 1. The lowest BCUT2D eigenvalue weighted by atomic mass is 9.94. The normalized spacial score (nSPS) is 17.7. The van der Waals surface area contributed by atoms with Gasteiger partial charge in [-0.3, -0.25) is 4.79 Å². The maximum atomic E-state index is 13.9. The van der Waals surface area contributed by atoms with Crippen LogP contribution < -0.4 is 9.47 Å². The molecule has 1 amide bonds. The van der Waals surface area contributed by atoms with Gasteiger partial charge >= 0.3 is 5.97 Å². The molecule has 2 aliphatic heterocycles. The van der Waals surface area contributed by atoms with Crippen molar-refractivity contribution in [2.45, 2.75) is 38.3 Å². The number of benzene rings is 2. The fourth-order valence-electron chi connectivity index (χ4n) is 5.48. The molecule has 2 aromatic heterocycles. The van der Waals surface area contributed by atoms with Crippen LogP contribution in [-0.2, 0) is 13.0 Å². The number of esters is 1. The Labute approximate surface area is 230 Å². The summed E-state index contributed by atoms with van der Waals surface area (Å²) < 4.78 is 13.2. The van der Waals surface area contributed by atoms with Crippen LogP contribution in [0.1, 0.15) is 46.3 Å². The minimum atomic E-state index is -0.860. The molecule has 4 heterocycles. The SMILES string of the molecule is COc1cc2c(cc1C(=O)Oc1ccccc1)-c1c(-c3cccs3)nc(C(=O)N3CCC[C@]3(C)C#N)n1CC2. The van der Waals surface area contributed by atoms with E-state index in [9.17, 15) is 14.9 Å². The molecule has 0 bridgehead atoms. The number of carbonyl (C=O) groups is 2. The molecule has 0 radical (unpaired) electrons. The molecule has 1 atom stereocenters. The first-order chi connectivity index (χ1) is 18.9. The van der Waals surface area contributed by atoms with Crippen molar-refractivity contribution in [2.24, 2.45) is 0 Å². The number of amides is 1. The minimum Gasteiger partial charge on any atom is -0.496 e. The molecule has 0 spiro atoms. The lowest BCUT2D eigenvalue weighted by molar-refractivity contribution is 0.0673. The van der Waals surface area contributed by atoms with E-state index in [2.05, 4.69) is 6.07 Å². The molecule has 8 nitrogen and oxygen atoms in total. The third-order valence-electron chi connectivity index (χ3n) is 7.50. The van der Waals surface area contributed by atoms with Gasteiger partial charge < -0.3 is 18.9 Å². The number of fused-ring (bicyclic) bond motifs is 3. The van der Waals surface area contributed by atoms with Crippen LogP contribution in [0.2, 0.25) is 0 Å². The molecular formula is C30H26N4O4S. The summed E-state index contributed by atoms with van der Waals surface area (Å²) in [5, 5.41) is 11.8. The minimum absolute atomic E-state index is 0.249. The third kappa shape index (κ3) is 4.17. The van der Waals surface area contributed by atoms with Gasteiger partial charge in [0.15, 0.2) is 5.82 Å². The molecule has 0 unspecified atom stereocenters. The number of ether oxygens (including phenoxy) is 2. The largest absolute Gasteiger partial charge is 0.496 e. The summed E-state index contributed by atoms with van der Waals surface area (Å²) in [5.74, 6) is 0.394. The molecule has 0 N–H and O–H groups in total. The van der Waals surface area contributed by atoms with Gasteiger partial charge in [0.1, 0.15) is 28.3 Å². The van der Waals surface area contributed by atoms with E-state index in [4.69, 9.17) is 14.5 Å². The van der Waals surface area contributed by atoms with E-state index >= 15 is 0 Å². The molecule has 9 heteroatoms. The van der Waals surface area contributed by atoms with Gasteiger partial charge in [-0.2, -0.15) is 5.26 Å². The number of nitrogens with zero attached hydrogens (tertiary/aromatic N) is 4. The number of rotatable bonds is 5. The Morgan fingerprint density at radius 1 is 1.13 bits per heavy atom. The number of aromatic nitrogens is 2. The number of para-hydroxylation sites is 1. The van der Waals surface area contributed by atoms with Crippen molar-refractivity contribution in [3.05, 3.63) is 76.9 Å². The van der Waals surface area contributed by atoms with Crippen LogP contribution in [0, 0.1) is 11.3 Å². The lowest BCUT2D eigenvalue weighted by Crippen LogP contribution is -2.45. The number of thiophene rings is 1. The van der Waals surface area contributed by atoms with Gasteiger partial charge in [-0.25, -0.2) is 9.78 Å². The average Bonchev–Trinajstić information content (AvgIpc) is 3.71. The second kappa shape index (κ2) is 9.71. The molecule has 2 aliphatic rings. The average molecular weight is 539 g/mol. The Morgan fingerprint density at radius 3 is 2.67 bits per heavy atom. The van der Waals surface area contributed by atoms with E-state index in [1.165, 1.54) is 18.4 Å². The van der Waals surface area contributed by atoms with Crippen LogP contribution in [-0.4, -0.2) is 45.5 Å². The summed E-state index contributed by atoms with van der Waals surface area (Å²) in [7, 11) is 1.53. The topological polar surface area (TPSA) is 97.5 Å². The second-order valence-corrected chi connectivity index (χ2v) is 10.8. The van der Waals surface area contributed by atoms with Crippen molar-refractivity contribution in [3.8, 4) is 39.4 Å². The molecular weight excluding hydrogens is 512 g/mol. The number of carbonyl (C=O) groups excluding carboxylic acids is 2. The fourth-order valence-corrected chi connectivity index (χ4v) is 6.19. The number of nitriles is 1. The number of aryl methyl sites for hydroxylation is 1. The molecule has 196 valence electrons. The Kier molecular flexibility index (Phi) is 6.20. The highest BCUT2D eigenvalue weighted by Gasteiger charge is 2.42. The van der Waals surface area contributed by atoms with E-state index in [-0.39, 0.29) is 11.5 Å². The van der Waals surface area contributed by atoms with Crippen LogP contribution in [0.25, 0.3) is 21.8 Å². The molecule has 0 aliphatic carbocycles. The van der Waals surface area contributed by atoms with Crippen molar-refractivity contribution in [2.75, 3.05) is 13.7 Å². The van der Waals surface area contributed by atoms with Crippen LogP contribution >= 0.6 is 11.3 Å². The zero-order valence-electron chi connectivity index (χ0n) is 21.6. The van der Waals surface area contributed by atoms with Crippen molar-refractivity contribution in [1.29, 1.82) is 5.26 Å². The van der Waals surface area contributed by atoms with Gasteiger partial charge in [0.2, 0.25) is 0 Å². The molecule has 39 heavy (non-hydrogen) atoms. The van der Waals surface area contributed by atoms with Gasteiger partial charge in [-0.1, -0.05) is 24.3 Å². The van der Waals surface area contributed by atoms with Crippen LogP contribution in [0.3, 0.4) is 0 Å². The first-order valence-corrected chi connectivity index (χ1v) is 13.7. The molecule has 0 saturated carbocycles. The quantitative estimate of drug-likeness (QED) is 0.243. The summed E-state index contributed by atoms with van der Waals surface area (Å²) in [6.07, 6.45) is 2.04. The Morgan fingerprint density at radius 2 is 1.95 bits per heavy atom. The second-order valence-electron chi connectivity index (χ2n) is 9.87. The standard InChI is InChI=1S/C30H26N4O4S/c1-30(18-31)12-7-13-34(30)28(35)27-32-25(24-10-6-15-39-24)26-21-17-22(29(36)38-20-8-4-3-5-9-20)23(37-2)16-19(21)11-14-33(26)27/h3-6,8-10,15-17H,7,11-14H2,1-2H3/t30-/m1/s1. The van der Waals surface area contributed by atoms with Crippen LogP contribution in [0.4, 0.5) is 0 Å². The molecule has 1 fully saturated rings. The van der Waals surface area contributed by atoms with Crippen molar-refractivity contribution >= 4 is 23.2 Å². The number of hydrogen-bond donors (Lipinski definition) is 0. The van der Waals surface area contributed by atoms with Gasteiger partial charge in [0.05, 0.1) is 23.8 Å². The smallest absolute Gasteiger partial charge is 0.347 e. The van der Waals surface area contributed by atoms with Gasteiger partial charge in [-0.15, -0.1) is 11.3 Å². The number of imidazole rings is 1. The Hall–Kier alpha value is -4.42. The summed E-state index contributed by atoms with van der Waals surface area (Å²) in [6.45, 7) is 2.86. The van der Waals surface area contributed by atoms with Gasteiger partial charge in [0.25, 0.3) is 5.91 Å². The molecule has 2 aromatic carbocycles. The zero-order chi connectivity index (χ0) is 27.1. The third-order valence-corrected chi connectivity index (χ3v) is 8.38. The molecule has 4 aromatic rings. The van der Waals surface area contributed by atoms with E-state index in [0.717, 1.165) is 28.1 Å². The van der Waals surface area contributed by atoms with Crippen molar-refractivity contribution in [3.63, 3.8) is 0 Å². The highest BCUT2D eigenvalue weighted by molar-refractivity contribution is 7.13. The first kappa shape index (κ1) is 24.9. The number of hydrogen-bond acceptors (Lipinski definition) is 7. The lowest BCUT2D eigenvalue weighted by Gasteiger charge is -2.29. The molecule has 6 rings (SSSR count). The monoisotopic (exact) mass is 538 g/mol. The molecule has 1 saturated heterocycles. The Bertz CT molecular complexity index is 1620. The van der Waals surface area contributed by atoms with Crippen LogP contribution in [0.15, 0.2) is 60.0 Å². The summed E-state index contributed by atoms with van der Waals surface area (Å²) in [4.78, 5) is 34.6. The van der Waals surface area contributed by atoms with E-state index in [0.29, 0.717) is 48.9 Å². The summed E-state index contributed by atoms with van der Waals surface area (Å²) in [6, 6.07) is 18.8. The fraction of sp³-hybridized carbons (Fsp3) is 0.267.